The Balaban J connectivity index is 0.000000185. The average molecular weight is 328 g/mol. The van der Waals surface area contributed by atoms with Crippen LogP contribution in [0.15, 0.2) is 77.7 Å². The van der Waals surface area contributed by atoms with Crippen molar-refractivity contribution in [3.63, 3.8) is 0 Å². The van der Waals surface area contributed by atoms with Crippen molar-refractivity contribution in [3.8, 4) is 0 Å². The van der Waals surface area contributed by atoms with Crippen LogP contribution in [-0.2, 0) is 21.3 Å². The number of hydrogen-bond acceptors (Lipinski definition) is 3. The van der Waals surface area contributed by atoms with Gasteiger partial charge in [-0.15, -0.1) is 0 Å². The van der Waals surface area contributed by atoms with Gasteiger partial charge in [-0.25, -0.2) is 0 Å². The lowest BCUT2D eigenvalue weighted by molar-refractivity contribution is -0.107. The van der Waals surface area contributed by atoms with Crippen molar-refractivity contribution in [2.45, 2.75) is 11.3 Å². The van der Waals surface area contributed by atoms with Crippen LogP contribution in [0, 0.1) is 0 Å². The lowest BCUT2D eigenvalue weighted by atomic mass is 10.1. The van der Waals surface area contributed by atoms with E-state index in [4.69, 9.17) is 4.55 Å². The summed E-state index contributed by atoms with van der Waals surface area (Å²) in [6.07, 6.45) is 1.44. The first-order valence-electron chi connectivity index (χ1n) is 6.95. The van der Waals surface area contributed by atoms with Crippen LogP contribution in [0.2, 0.25) is 0 Å². The molecule has 0 aliphatic heterocycles. The third kappa shape index (κ3) is 4.74. The minimum Gasteiger partial charge on any atom is -0.303 e. The van der Waals surface area contributed by atoms with Gasteiger partial charge in [-0.3, -0.25) is 4.55 Å². The Bertz CT molecular complexity index is 882. The van der Waals surface area contributed by atoms with E-state index < -0.39 is 10.1 Å². The number of benzene rings is 3. The summed E-state index contributed by atoms with van der Waals surface area (Å²) < 4.78 is 31.0. The first kappa shape index (κ1) is 16.9. The molecule has 3 rings (SSSR count). The number of carbonyl (C=O) groups is 1. The molecule has 0 bridgehead atoms. The molecule has 0 fully saturated rings. The van der Waals surface area contributed by atoms with Crippen molar-refractivity contribution < 1.29 is 17.8 Å². The van der Waals surface area contributed by atoms with E-state index >= 15 is 0 Å². The van der Waals surface area contributed by atoms with Gasteiger partial charge in [0.25, 0.3) is 10.1 Å². The molecule has 3 aromatic carbocycles. The summed E-state index contributed by atoms with van der Waals surface area (Å²) in [5.41, 5.74) is 1.08. The average Bonchev–Trinajstić information content (AvgIpc) is 2.55. The van der Waals surface area contributed by atoms with E-state index in [0.29, 0.717) is 11.8 Å². The van der Waals surface area contributed by atoms with Gasteiger partial charge in [-0.05, 0) is 17.0 Å². The quantitative estimate of drug-likeness (QED) is 0.590. The van der Waals surface area contributed by atoms with Crippen molar-refractivity contribution in [2.24, 2.45) is 0 Å². The summed E-state index contributed by atoms with van der Waals surface area (Å²) in [6.45, 7) is 0. The van der Waals surface area contributed by atoms with E-state index in [0.717, 1.165) is 17.2 Å². The highest BCUT2D eigenvalue weighted by Crippen LogP contribution is 2.21. The zero-order valence-corrected chi connectivity index (χ0v) is 13.1. The van der Waals surface area contributed by atoms with Crippen molar-refractivity contribution in [3.05, 3.63) is 78.4 Å². The fourth-order valence-electron chi connectivity index (χ4n) is 2.13. The maximum Gasteiger partial charge on any atom is 0.295 e. The van der Waals surface area contributed by atoms with Gasteiger partial charge in [0, 0.05) is 11.8 Å². The minimum atomic E-state index is -4.13. The van der Waals surface area contributed by atoms with Gasteiger partial charge in [-0.2, -0.15) is 8.42 Å². The summed E-state index contributed by atoms with van der Waals surface area (Å²) in [4.78, 5) is 9.93. The molecule has 0 heterocycles. The molecule has 0 saturated heterocycles. The number of fused-ring (bicyclic) bond motifs is 1. The summed E-state index contributed by atoms with van der Waals surface area (Å²) in [7, 11) is -4.13. The molecule has 0 spiro atoms. The van der Waals surface area contributed by atoms with Gasteiger partial charge in [0.15, 0.2) is 0 Å². The molecule has 5 heteroatoms. The van der Waals surface area contributed by atoms with Crippen LogP contribution in [0.3, 0.4) is 0 Å². The molecule has 0 saturated carbocycles. The van der Waals surface area contributed by atoms with Gasteiger partial charge >= 0.3 is 0 Å². The zero-order valence-electron chi connectivity index (χ0n) is 12.3. The molecule has 0 amide bonds. The second-order valence-corrected chi connectivity index (χ2v) is 6.20. The largest absolute Gasteiger partial charge is 0.303 e. The maximum atomic E-state index is 11.0. The molecule has 118 valence electrons. The van der Waals surface area contributed by atoms with Crippen LogP contribution >= 0.6 is 0 Å². The molecular weight excluding hydrogens is 312 g/mol. The van der Waals surface area contributed by atoms with E-state index in [1.165, 1.54) is 6.07 Å². The van der Waals surface area contributed by atoms with Gasteiger partial charge < -0.3 is 4.79 Å². The fraction of sp³-hybridized carbons (Fsp3) is 0.0556. The van der Waals surface area contributed by atoms with Crippen LogP contribution in [0.1, 0.15) is 5.56 Å². The van der Waals surface area contributed by atoms with E-state index in [1.54, 1.807) is 30.3 Å². The Labute approximate surface area is 135 Å². The predicted molar refractivity (Wildman–Crippen MR) is 90.0 cm³/mol. The maximum absolute atomic E-state index is 11.0. The standard InChI is InChI=1S/C10H8O3S.C8H8O/c11-14(12,13)10-7-3-5-8-4-1-2-6-9(8)10;9-7-6-8-4-2-1-3-5-8/h1-7H,(H,11,12,13);1-5,7H,6H2. The Hall–Kier alpha value is -2.50. The summed E-state index contributed by atoms with van der Waals surface area (Å²) in [6, 6.07) is 21.5. The second-order valence-electron chi connectivity index (χ2n) is 4.81. The van der Waals surface area contributed by atoms with E-state index in [-0.39, 0.29) is 4.90 Å². The topological polar surface area (TPSA) is 71.4 Å². The SMILES string of the molecule is O=CCc1ccccc1.O=S(=O)(O)c1cccc2ccccc12. The van der Waals surface area contributed by atoms with E-state index in [9.17, 15) is 13.2 Å². The van der Waals surface area contributed by atoms with Gasteiger partial charge in [0.1, 0.15) is 11.2 Å². The summed E-state index contributed by atoms with van der Waals surface area (Å²) in [5.74, 6) is 0. The molecule has 0 unspecified atom stereocenters. The first-order valence-corrected chi connectivity index (χ1v) is 8.39. The zero-order chi connectivity index (χ0) is 16.7. The van der Waals surface area contributed by atoms with Crippen LogP contribution < -0.4 is 0 Å². The molecular formula is C18H16O4S. The predicted octanol–water partition coefficient (Wildman–Crippen LogP) is 3.51. The van der Waals surface area contributed by atoms with Crippen molar-refractivity contribution in [1.82, 2.24) is 0 Å². The third-order valence-corrected chi connectivity index (χ3v) is 4.10. The Kier molecular flexibility index (Phi) is 5.62. The molecule has 0 atom stereocenters. The first-order chi connectivity index (χ1) is 11.0. The monoisotopic (exact) mass is 328 g/mol. The van der Waals surface area contributed by atoms with E-state index in [1.807, 2.05) is 36.4 Å². The highest BCUT2D eigenvalue weighted by atomic mass is 32.2. The molecule has 0 aliphatic carbocycles. The minimum absolute atomic E-state index is 0.0457. The van der Waals surface area contributed by atoms with Crippen molar-refractivity contribution >= 4 is 27.2 Å². The Morgan fingerprint density at radius 2 is 1.43 bits per heavy atom. The summed E-state index contributed by atoms with van der Waals surface area (Å²) in [5, 5.41) is 1.33. The van der Waals surface area contributed by atoms with Crippen molar-refractivity contribution in [2.75, 3.05) is 0 Å². The molecule has 0 radical (unpaired) electrons. The molecule has 0 aromatic heterocycles. The molecule has 1 N–H and O–H groups in total. The molecule has 23 heavy (non-hydrogen) atoms. The van der Waals surface area contributed by atoms with Gasteiger partial charge in [-0.1, -0.05) is 66.7 Å². The van der Waals surface area contributed by atoms with Gasteiger partial charge in [0.05, 0.1) is 0 Å². The van der Waals surface area contributed by atoms with Crippen LogP contribution in [0.5, 0.6) is 0 Å². The number of rotatable bonds is 3. The Morgan fingerprint density at radius 3 is 2.09 bits per heavy atom. The molecule has 4 nitrogen and oxygen atoms in total. The number of aldehydes is 1. The molecule has 3 aromatic rings. The van der Waals surface area contributed by atoms with Crippen LogP contribution in [0.25, 0.3) is 10.8 Å². The van der Waals surface area contributed by atoms with Crippen LogP contribution in [0.4, 0.5) is 0 Å². The highest BCUT2D eigenvalue weighted by molar-refractivity contribution is 7.86. The molecule has 0 aliphatic rings. The lowest BCUT2D eigenvalue weighted by Gasteiger charge is -2.02. The Morgan fingerprint density at radius 1 is 0.826 bits per heavy atom. The fourth-order valence-corrected chi connectivity index (χ4v) is 2.85. The van der Waals surface area contributed by atoms with Crippen LogP contribution in [-0.4, -0.2) is 19.3 Å². The second kappa shape index (κ2) is 7.67. The summed E-state index contributed by atoms with van der Waals surface area (Å²) >= 11 is 0. The van der Waals surface area contributed by atoms with Crippen molar-refractivity contribution in [1.29, 1.82) is 0 Å². The number of carbonyl (C=O) groups excluding carboxylic acids is 1. The van der Waals surface area contributed by atoms with Gasteiger partial charge in [0.2, 0.25) is 0 Å². The normalized spacial score (nSPS) is 10.7. The van der Waals surface area contributed by atoms with E-state index in [2.05, 4.69) is 0 Å². The number of hydrogen-bond donors (Lipinski definition) is 1. The smallest absolute Gasteiger partial charge is 0.295 e. The lowest BCUT2D eigenvalue weighted by Crippen LogP contribution is -1.98. The third-order valence-electron chi connectivity index (χ3n) is 3.19. The highest BCUT2D eigenvalue weighted by Gasteiger charge is 2.12.